The van der Waals surface area contributed by atoms with Crippen molar-refractivity contribution in [3.05, 3.63) is 23.7 Å². The summed E-state index contributed by atoms with van der Waals surface area (Å²) >= 11 is 0. The number of furan rings is 1. The topological polar surface area (TPSA) is 107 Å². The second-order valence-electron chi connectivity index (χ2n) is 3.79. The van der Waals surface area contributed by atoms with Crippen LogP contribution in [0.3, 0.4) is 0 Å². The third-order valence-electron chi connectivity index (χ3n) is 2.05. The van der Waals surface area contributed by atoms with Crippen LogP contribution in [0.4, 0.5) is 0 Å². The first-order valence-corrected chi connectivity index (χ1v) is 8.76. The average molecular weight is 281 g/mol. The van der Waals surface area contributed by atoms with E-state index in [9.17, 15) is 16.8 Å². The smallest absolute Gasteiger partial charge is 0.158 e. The molecule has 0 aromatic carbocycles. The van der Waals surface area contributed by atoms with E-state index in [1.807, 2.05) is 0 Å². The van der Waals surface area contributed by atoms with Gasteiger partial charge in [0.1, 0.15) is 27.1 Å². The number of hydrogen-bond acceptors (Lipinski definition) is 6. The lowest BCUT2D eigenvalue weighted by Crippen LogP contribution is -2.17. The van der Waals surface area contributed by atoms with Crippen LogP contribution in [0.25, 0.3) is 0 Å². The van der Waals surface area contributed by atoms with E-state index >= 15 is 0 Å². The van der Waals surface area contributed by atoms with Crippen LogP contribution in [0, 0.1) is 0 Å². The predicted molar refractivity (Wildman–Crippen MR) is 63.8 cm³/mol. The number of rotatable bonds is 6. The summed E-state index contributed by atoms with van der Waals surface area (Å²) in [6.45, 7) is 0.198. The molecule has 0 saturated heterocycles. The lowest BCUT2D eigenvalue weighted by atomic mass is 10.4. The molecule has 2 N–H and O–H groups in total. The molecule has 0 radical (unpaired) electrons. The van der Waals surface area contributed by atoms with Crippen LogP contribution >= 0.6 is 0 Å². The molecule has 1 heterocycles. The van der Waals surface area contributed by atoms with Crippen LogP contribution in [0.2, 0.25) is 0 Å². The van der Waals surface area contributed by atoms with E-state index in [0.29, 0.717) is 5.76 Å². The molecular formula is C9H15NO5S2. The van der Waals surface area contributed by atoms with E-state index in [4.69, 9.17) is 10.2 Å². The lowest BCUT2D eigenvalue weighted by molar-refractivity contribution is 0.477. The zero-order valence-electron chi connectivity index (χ0n) is 9.42. The molecule has 1 aromatic heterocycles. The zero-order valence-corrected chi connectivity index (χ0v) is 11.1. The number of sulfone groups is 2. The summed E-state index contributed by atoms with van der Waals surface area (Å²) < 4.78 is 50.1. The van der Waals surface area contributed by atoms with Crippen LogP contribution in [0.5, 0.6) is 0 Å². The minimum atomic E-state index is -3.48. The summed E-state index contributed by atoms with van der Waals surface area (Å²) in [5.41, 5.74) is 5.32. The highest BCUT2D eigenvalue weighted by Crippen LogP contribution is 2.11. The minimum absolute atomic E-state index is 0.198. The Kier molecular flexibility index (Phi) is 4.34. The fourth-order valence-electron chi connectivity index (χ4n) is 1.18. The first-order valence-electron chi connectivity index (χ1n) is 4.88. The fraction of sp³-hybridized carbons (Fsp3) is 0.556. The van der Waals surface area contributed by atoms with Gasteiger partial charge in [-0.15, -0.1) is 0 Å². The van der Waals surface area contributed by atoms with Gasteiger partial charge in [0.05, 0.1) is 18.1 Å². The van der Waals surface area contributed by atoms with Crippen molar-refractivity contribution in [1.82, 2.24) is 0 Å². The van der Waals surface area contributed by atoms with Gasteiger partial charge >= 0.3 is 0 Å². The van der Waals surface area contributed by atoms with Crippen molar-refractivity contribution in [3.8, 4) is 0 Å². The molecule has 0 fully saturated rings. The highest BCUT2D eigenvalue weighted by Gasteiger charge is 2.17. The highest BCUT2D eigenvalue weighted by atomic mass is 32.2. The molecule has 1 rings (SSSR count). The van der Waals surface area contributed by atoms with Crippen molar-refractivity contribution >= 4 is 19.7 Å². The SMILES string of the molecule is CS(=O)(=O)CCS(=O)(=O)Cc1ccc(CN)o1. The van der Waals surface area contributed by atoms with Crippen molar-refractivity contribution in [1.29, 1.82) is 0 Å². The Morgan fingerprint density at radius 2 is 1.71 bits per heavy atom. The molecule has 0 aliphatic rings. The van der Waals surface area contributed by atoms with Crippen LogP contribution in [-0.4, -0.2) is 34.6 Å². The van der Waals surface area contributed by atoms with Crippen LogP contribution in [0.15, 0.2) is 16.5 Å². The Morgan fingerprint density at radius 3 is 2.18 bits per heavy atom. The Balaban J connectivity index is 2.67. The van der Waals surface area contributed by atoms with Crippen molar-refractivity contribution in [2.24, 2.45) is 5.73 Å². The Labute approximate surface area is 101 Å². The Hall–Kier alpha value is -0.860. The van der Waals surface area contributed by atoms with Gasteiger partial charge < -0.3 is 10.2 Å². The van der Waals surface area contributed by atoms with Gasteiger partial charge in [0.2, 0.25) is 0 Å². The third-order valence-corrected chi connectivity index (χ3v) is 4.80. The van der Waals surface area contributed by atoms with Gasteiger partial charge in [0.15, 0.2) is 9.84 Å². The van der Waals surface area contributed by atoms with Gasteiger partial charge in [-0.2, -0.15) is 0 Å². The maximum absolute atomic E-state index is 11.6. The maximum atomic E-state index is 11.6. The van der Waals surface area contributed by atoms with Crippen molar-refractivity contribution in [3.63, 3.8) is 0 Å². The number of hydrogen-bond donors (Lipinski definition) is 1. The maximum Gasteiger partial charge on any atom is 0.158 e. The van der Waals surface area contributed by atoms with E-state index in [0.717, 1.165) is 6.26 Å². The predicted octanol–water partition coefficient (Wildman–Crippen LogP) is -0.302. The van der Waals surface area contributed by atoms with Crippen molar-refractivity contribution in [2.75, 3.05) is 17.8 Å². The molecule has 0 bridgehead atoms. The molecular weight excluding hydrogens is 266 g/mol. The molecule has 8 heteroatoms. The first kappa shape index (κ1) is 14.2. The second kappa shape index (κ2) is 5.19. The van der Waals surface area contributed by atoms with Gasteiger partial charge in [-0.05, 0) is 12.1 Å². The van der Waals surface area contributed by atoms with Crippen molar-refractivity contribution in [2.45, 2.75) is 12.3 Å². The zero-order chi connectivity index (χ0) is 13.1. The van der Waals surface area contributed by atoms with Crippen LogP contribution < -0.4 is 5.73 Å². The molecule has 0 amide bonds. The largest absolute Gasteiger partial charge is 0.464 e. The van der Waals surface area contributed by atoms with Crippen LogP contribution in [-0.2, 0) is 32.0 Å². The van der Waals surface area contributed by atoms with E-state index < -0.39 is 25.4 Å². The summed E-state index contributed by atoms with van der Waals surface area (Å²) in [7, 11) is -6.76. The van der Waals surface area contributed by atoms with E-state index in [2.05, 4.69) is 0 Å². The lowest BCUT2D eigenvalue weighted by Gasteiger charge is -2.01. The fourth-order valence-corrected chi connectivity index (χ4v) is 4.14. The summed E-state index contributed by atoms with van der Waals surface area (Å²) in [5, 5.41) is 0. The molecule has 1 aromatic rings. The van der Waals surface area contributed by atoms with E-state index in [-0.39, 0.29) is 23.8 Å². The van der Waals surface area contributed by atoms with Gasteiger partial charge in [-0.25, -0.2) is 16.8 Å². The summed E-state index contributed by atoms with van der Waals surface area (Å²) in [6, 6.07) is 3.13. The normalized spacial score (nSPS) is 12.8. The summed E-state index contributed by atoms with van der Waals surface area (Å²) in [6.07, 6.45) is 1.00. The second-order valence-corrected chi connectivity index (χ2v) is 8.24. The molecule has 0 saturated carbocycles. The van der Waals surface area contributed by atoms with E-state index in [1.54, 1.807) is 6.07 Å². The van der Waals surface area contributed by atoms with Gasteiger partial charge in [0, 0.05) is 6.26 Å². The number of nitrogens with two attached hydrogens (primary N) is 1. The standard InChI is InChI=1S/C9H15NO5S2/c1-16(11,12)4-5-17(13,14)7-9-3-2-8(6-10)15-9/h2-3H,4-7,10H2,1H3. The molecule has 0 aliphatic heterocycles. The Morgan fingerprint density at radius 1 is 1.12 bits per heavy atom. The van der Waals surface area contributed by atoms with Gasteiger partial charge in [-0.3, -0.25) is 0 Å². The minimum Gasteiger partial charge on any atom is -0.464 e. The monoisotopic (exact) mass is 281 g/mol. The molecule has 6 nitrogen and oxygen atoms in total. The molecule has 0 aliphatic carbocycles. The summed E-state index contributed by atoms with van der Waals surface area (Å²) in [5.74, 6) is -0.301. The van der Waals surface area contributed by atoms with E-state index in [1.165, 1.54) is 6.07 Å². The van der Waals surface area contributed by atoms with Gasteiger partial charge in [0.25, 0.3) is 0 Å². The quantitative estimate of drug-likeness (QED) is 0.767. The molecule has 0 spiro atoms. The van der Waals surface area contributed by atoms with Crippen molar-refractivity contribution < 1.29 is 21.3 Å². The van der Waals surface area contributed by atoms with Crippen LogP contribution in [0.1, 0.15) is 11.5 Å². The first-order chi connectivity index (χ1) is 7.72. The molecule has 98 valence electrons. The van der Waals surface area contributed by atoms with Gasteiger partial charge in [-0.1, -0.05) is 0 Å². The highest BCUT2D eigenvalue weighted by molar-refractivity contribution is 7.94. The summed E-state index contributed by atoms with van der Waals surface area (Å²) in [4.78, 5) is 0. The average Bonchev–Trinajstić information content (AvgIpc) is 2.61. The Bertz CT molecular complexity index is 570. The molecule has 0 atom stereocenters. The molecule has 17 heavy (non-hydrogen) atoms. The third kappa shape index (κ3) is 5.33. The molecule has 0 unspecified atom stereocenters.